The summed E-state index contributed by atoms with van der Waals surface area (Å²) in [5, 5.41) is 8.91. The Balaban J connectivity index is 3.43. The van der Waals surface area contributed by atoms with Crippen LogP contribution in [0, 0.1) is 11.3 Å². The van der Waals surface area contributed by atoms with E-state index in [2.05, 4.69) is 20.7 Å². The molecule has 0 amide bonds. The number of ether oxygens (including phenoxy) is 2. The number of carbonyl (C=O) groups excluding carboxylic acids is 1. The molecule has 0 aliphatic carbocycles. The molecule has 0 saturated heterocycles. The molecule has 0 atom stereocenters. The maximum absolute atomic E-state index is 11.4. The molecule has 1 aromatic carbocycles. The van der Waals surface area contributed by atoms with Crippen LogP contribution in [-0.4, -0.2) is 20.2 Å². The molecule has 0 heterocycles. The van der Waals surface area contributed by atoms with Gasteiger partial charge in [-0.2, -0.15) is 5.26 Å². The first-order chi connectivity index (χ1) is 7.13. The zero-order valence-corrected chi connectivity index (χ0v) is 9.79. The summed E-state index contributed by atoms with van der Waals surface area (Å²) in [6.07, 6.45) is 0. The highest BCUT2D eigenvalue weighted by atomic mass is 79.9. The fourth-order valence-corrected chi connectivity index (χ4v) is 1.57. The first-order valence-electron chi connectivity index (χ1n) is 4.00. The smallest absolute Gasteiger partial charge is 0.339 e. The standard InChI is InChI=1S/C10H8BrNO3/c1-14-9-4-6(11)3-7(8(9)5-12)10(13)15-2/h3-4H,1-2H3. The Hall–Kier alpha value is -1.54. The third kappa shape index (κ3) is 2.28. The normalized spacial score (nSPS) is 9.20. The highest BCUT2D eigenvalue weighted by Gasteiger charge is 2.17. The van der Waals surface area contributed by atoms with Gasteiger partial charge in [0.2, 0.25) is 0 Å². The van der Waals surface area contributed by atoms with Crippen LogP contribution in [0.5, 0.6) is 5.75 Å². The third-order valence-corrected chi connectivity index (χ3v) is 2.26. The highest BCUT2D eigenvalue weighted by Crippen LogP contribution is 2.27. The van der Waals surface area contributed by atoms with Crippen LogP contribution in [0.2, 0.25) is 0 Å². The number of nitriles is 1. The molecule has 1 aromatic rings. The molecule has 0 unspecified atom stereocenters. The van der Waals surface area contributed by atoms with Gasteiger partial charge in [0.1, 0.15) is 17.4 Å². The molecule has 1 rings (SSSR count). The molecule has 0 saturated carbocycles. The van der Waals surface area contributed by atoms with Gasteiger partial charge < -0.3 is 9.47 Å². The molecule has 0 aromatic heterocycles. The van der Waals surface area contributed by atoms with Crippen LogP contribution < -0.4 is 4.74 Å². The van der Waals surface area contributed by atoms with Crippen molar-refractivity contribution in [2.75, 3.05) is 14.2 Å². The van der Waals surface area contributed by atoms with Crippen molar-refractivity contribution < 1.29 is 14.3 Å². The Labute approximate surface area is 95.5 Å². The monoisotopic (exact) mass is 269 g/mol. The van der Waals surface area contributed by atoms with Gasteiger partial charge in [0.25, 0.3) is 0 Å². The second-order valence-electron chi connectivity index (χ2n) is 2.63. The van der Waals surface area contributed by atoms with Crippen LogP contribution in [0.1, 0.15) is 15.9 Å². The summed E-state index contributed by atoms with van der Waals surface area (Å²) in [5.74, 6) is -0.224. The van der Waals surface area contributed by atoms with Crippen molar-refractivity contribution in [2.24, 2.45) is 0 Å². The van der Waals surface area contributed by atoms with Crippen molar-refractivity contribution >= 4 is 21.9 Å². The molecular formula is C10H8BrNO3. The SMILES string of the molecule is COC(=O)c1cc(Br)cc(OC)c1C#N. The van der Waals surface area contributed by atoms with E-state index in [4.69, 9.17) is 10.00 Å². The van der Waals surface area contributed by atoms with Gasteiger partial charge in [-0.3, -0.25) is 0 Å². The molecule has 0 N–H and O–H groups in total. The molecule has 0 fully saturated rings. The van der Waals surface area contributed by atoms with E-state index in [0.717, 1.165) is 0 Å². The van der Waals surface area contributed by atoms with Crippen molar-refractivity contribution in [3.8, 4) is 11.8 Å². The molecule has 78 valence electrons. The average Bonchev–Trinajstić information content (AvgIpc) is 2.26. The van der Waals surface area contributed by atoms with E-state index in [1.54, 1.807) is 6.07 Å². The first-order valence-corrected chi connectivity index (χ1v) is 4.79. The summed E-state index contributed by atoms with van der Waals surface area (Å²) in [4.78, 5) is 11.4. The highest BCUT2D eigenvalue weighted by molar-refractivity contribution is 9.10. The third-order valence-electron chi connectivity index (χ3n) is 1.80. The minimum Gasteiger partial charge on any atom is -0.495 e. The summed E-state index contributed by atoms with van der Waals surface area (Å²) < 4.78 is 10.2. The Morgan fingerprint density at radius 3 is 2.60 bits per heavy atom. The summed E-state index contributed by atoms with van der Waals surface area (Å²) in [6, 6.07) is 5.05. The van der Waals surface area contributed by atoms with Crippen LogP contribution in [0.4, 0.5) is 0 Å². The number of hydrogen-bond acceptors (Lipinski definition) is 4. The number of carbonyl (C=O) groups is 1. The van der Waals surface area contributed by atoms with Crippen LogP contribution in [0.3, 0.4) is 0 Å². The second kappa shape index (κ2) is 4.80. The van der Waals surface area contributed by atoms with Gasteiger partial charge in [-0.1, -0.05) is 15.9 Å². The van der Waals surface area contributed by atoms with E-state index in [0.29, 0.717) is 10.2 Å². The summed E-state index contributed by atoms with van der Waals surface area (Å²) >= 11 is 3.22. The number of hydrogen-bond donors (Lipinski definition) is 0. The molecule has 0 bridgehead atoms. The number of halogens is 1. The zero-order chi connectivity index (χ0) is 11.4. The summed E-state index contributed by atoms with van der Waals surface area (Å²) in [5.41, 5.74) is 0.360. The van der Waals surface area contributed by atoms with Gasteiger partial charge in [0.15, 0.2) is 0 Å². The van der Waals surface area contributed by atoms with E-state index in [9.17, 15) is 4.79 Å². The fourth-order valence-electron chi connectivity index (χ4n) is 1.13. The van der Waals surface area contributed by atoms with E-state index in [-0.39, 0.29) is 11.1 Å². The molecule has 0 aliphatic rings. The number of benzene rings is 1. The lowest BCUT2D eigenvalue weighted by atomic mass is 10.1. The van der Waals surface area contributed by atoms with Crippen LogP contribution in [0.15, 0.2) is 16.6 Å². The van der Waals surface area contributed by atoms with E-state index in [1.165, 1.54) is 20.3 Å². The lowest BCUT2D eigenvalue weighted by Gasteiger charge is -2.07. The van der Waals surface area contributed by atoms with E-state index >= 15 is 0 Å². The van der Waals surface area contributed by atoms with Gasteiger partial charge in [-0.05, 0) is 12.1 Å². The number of esters is 1. The van der Waals surface area contributed by atoms with Gasteiger partial charge in [-0.25, -0.2) is 4.79 Å². The predicted octanol–water partition coefficient (Wildman–Crippen LogP) is 2.12. The fraction of sp³-hybridized carbons (Fsp3) is 0.200. The van der Waals surface area contributed by atoms with Gasteiger partial charge >= 0.3 is 5.97 Å². The Morgan fingerprint density at radius 1 is 1.47 bits per heavy atom. The van der Waals surface area contributed by atoms with Crippen molar-refractivity contribution in [1.82, 2.24) is 0 Å². The van der Waals surface area contributed by atoms with Crippen molar-refractivity contribution in [1.29, 1.82) is 5.26 Å². The van der Waals surface area contributed by atoms with Gasteiger partial charge in [0.05, 0.1) is 19.8 Å². The minimum absolute atomic E-state index is 0.174. The van der Waals surface area contributed by atoms with Crippen molar-refractivity contribution in [2.45, 2.75) is 0 Å². The molecule has 0 radical (unpaired) electrons. The number of methoxy groups -OCH3 is 2. The van der Waals surface area contributed by atoms with Crippen LogP contribution in [0.25, 0.3) is 0 Å². The maximum Gasteiger partial charge on any atom is 0.339 e. The quantitative estimate of drug-likeness (QED) is 0.772. The lowest BCUT2D eigenvalue weighted by Crippen LogP contribution is -2.05. The molecule has 0 aliphatic heterocycles. The van der Waals surface area contributed by atoms with E-state index in [1.807, 2.05) is 6.07 Å². The summed E-state index contributed by atoms with van der Waals surface area (Å²) in [7, 11) is 2.69. The topological polar surface area (TPSA) is 59.3 Å². The maximum atomic E-state index is 11.4. The Bertz CT molecular complexity index is 437. The van der Waals surface area contributed by atoms with Crippen molar-refractivity contribution in [3.05, 3.63) is 27.7 Å². The molecular weight excluding hydrogens is 262 g/mol. The zero-order valence-electron chi connectivity index (χ0n) is 8.20. The summed E-state index contributed by atoms with van der Waals surface area (Å²) in [6.45, 7) is 0. The number of rotatable bonds is 2. The molecule has 5 heteroatoms. The first kappa shape index (κ1) is 11.5. The van der Waals surface area contributed by atoms with Gasteiger partial charge in [-0.15, -0.1) is 0 Å². The van der Waals surface area contributed by atoms with Gasteiger partial charge in [0, 0.05) is 4.47 Å². The van der Waals surface area contributed by atoms with E-state index < -0.39 is 5.97 Å². The molecule has 4 nitrogen and oxygen atoms in total. The largest absolute Gasteiger partial charge is 0.495 e. The Morgan fingerprint density at radius 2 is 2.13 bits per heavy atom. The number of nitrogens with zero attached hydrogens (tertiary/aromatic N) is 1. The second-order valence-corrected chi connectivity index (χ2v) is 3.55. The predicted molar refractivity (Wildman–Crippen MR) is 56.7 cm³/mol. The van der Waals surface area contributed by atoms with Crippen LogP contribution >= 0.6 is 15.9 Å². The average molecular weight is 270 g/mol. The molecule has 15 heavy (non-hydrogen) atoms. The molecule has 0 spiro atoms. The minimum atomic E-state index is -0.564. The Kier molecular flexibility index (Phi) is 3.69. The van der Waals surface area contributed by atoms with Crippen molar-refractivity contribution in [3.63, 3.8) is 0 Å². The lowest BCUT2D eigenvalue weighted by molar-refractivity contribution is 0.0600. The van der Waals surface area contributed by atoms with Crippen LogP contribution in [-0.2, 0) is 4.74 Å².